The molecule has 0 atom stereocenters. The van der Waals surface area contributed by atoms with Gasteiger partial charge in [-0.3, -0.25) is 0 Å². The summed E-state index contributed by atoms with van der Waals surface area (Å²) in [4.78, 5) is 0. The van der Waals surface area contributed by atoms with Crippen LogP contribution in [0.2, 0.25) is 0 Å². The van der Waals surface area contributed by atoms with Gasteiger partial charge in [0.1, 0.15) is 0 Å². The largest absolute Gasteiger partial charge is 0.381 e. The first kappa shape index (κ1) is 9.47. The van der Waals surface area contributed by atoms with Crippen molar-refractivity contribution in [2.24, 2.45) is 5.41 Å². The van der Waals surface area contributed by atoms with Crippen LogP contribution in [-0.4, -0.2) is 25.3 Å². The number of rotatable bonds is 3. The summed E-state index contributed by atoms with van der Waals surface area (Å²) in [5.74, 6) is 0. The Labute approximate surface area is 81.0 Å². The van der Waals surface area contributed by atoms with Gasteiger partial charge in [-0.15, -0.1) is 0 Å². The van der Waals surface area contributed by atoms with Crippen molar-refractivity contribution >= 4 is 0 Å². The summed E-state index contributed by atoms with van der Waals surface area (Å²) >= 11 is 0. The van der Waals surface area contributed by atoms with Crippen molar-refractivity contribution in [1.29, 1.82) is 0 Å². The third kappa shape index (κ3) is 2.05. The lowest BCUT2D eigenvalue weighted by molar-refractivity contribution is 0.00167. The summed E-state index contributed by atoms with van der Waals surface area (Å²) in [6.45, 7) is 4.70. The topological polar surface area (TPSA) is 21.3 Å². The van der Waals surface area contributed by atoms with Gasteiger partial charge in [-0.2, -0.15) is 0 Å². The monoisotopic (exact) mass is 183 g/mol. The highest BCUT2D eigenvalue weighted by Crippen LogP contribution is 2.40. The lowest BCUT2D eigenvalue weighted by Gasteiger charge is -2.47. The van der Waals surface area contributed by atoms with E-state index in [0.29, 0.717) is 11.5 Å². The number of hydrogen-bond acceptors (Lipinski definition) is 2. The highest BCUT2D eigenvalue weighted by atomic mass is 16.5. The van der Waals surface area contributed by atoms with E-state index in [0.717, 1.165) is 12.1 Å². The van der Waals surface area contributed by atoms with E-state index in [1.807, 2.05) is 7.11 Å². The van der Waals surface area contributed by atoms with Crippen molar-refractivity contribution in [1.82, 2.24) is 5.32 Å². The minimum Gasteiger partial charge on any atom is -0.381 e. The Bertz CT molecular complexity index is 177. The molecular weight excluding hydrogens is 162 g/mol. The van der Waals surface area contributed by atoms with Gasteiger partial charge in [-0.1, -0.05) is 13.8 Å². The van der Waals surface area contributed by atoms with Crippen LogP contribution in [0.3, 0.4) is 0 Å². The Morgan fingerprint density at radius 2 is 1.77 bits per heavy atom. The summed E-state index contributed by atoms with van der Waals surface area (Å²) in [5, 5.41) is 3.69. The molecule has 13 heavy (non-hydrogen) atoms. The molecule has 2 heteroatoms. The van der Waals surface area contributed by atoms with Crippen LogP contribution >= 0.6 is 0 Å². The predicted octanol–water partition coefficient (Wildman–Crippen LogP) is 1.94. The maximum atomic E-state index is 5.25. The van der Waals surface area contributed by atoms with Crippen LogP contribution in [0.1, 0.15) is 39.5 Å². The fourth-order valence-corrected chi connectivity index (χ4v) is 2.62. The van der Waals surface area contributed by atoms with E-state index in [9.17, 15) is 0 Å². The fraction of sp³-hybridized carbons (Fsp3) is 1.00. The van der Waals surface area contributed by atoms with Gasteiger partial charge in [-0.25, -0.2) is 0 Å². The van der Waals surface area contributed by atoms with Crippen LogP contribution in [0, 0.1) is 5.41 Å². The molecule has 0 radical (unpaired) electrons. The summed E-state index contributed by atoms with van der Waals surface area (Å²) in [7, 11) is 1.81. The molecule has 2 aliphatic rings. The van der Waals surface area contributed by atoms with E-state index in [4.69, 9.17) is 4.74 Å². The first-order valence-corrected chi connectivity index (χ1v) is 5.38. The van der Waals surface area contributed by atoms with Crippen LogP contribution in [0.25, 0.3) is 0 Å². The standard InChI is InChI=1S/C11H21NO/c1-11(2)6-9(7-11)12-8-4-10(5-8)13-3/h8-10,12H,4-7H2,1-3H3. The molecular formula is C11H21NO. The smallest absolute Gasteiger partial charge is 0.0601 e. The summed E-state index contributed by atoms with van der Waals surface area (Å²) < 4.78 is 5.25. The van der Waals surface area contributed by atoms with Gasteiger partial charge in [0.05, 0.1) is 6.10 Å². The zero-order valence-electron chi connectivity index (χ0n) is 8.97. The number of methoxy groups -OCH3 is 1. The minimum absolute atomic E-state index is 0.533. The first-order valence-electron chi connectivity index (χ1n) is 5.38. The van der Waals surface area contributed by atoms with E-state index in [2.05, 4.69) is 19.2 Å². The summed E-state index contributed by atoms with van der Waals surface area (Å²) in [6, 6.07) is 1.53. The number of ether oxygens (including phenoxy) is 1. The number of hydrogen-bond donors (Lipinski definition) is 1. The molecule has 0 aromatic rings. The SMILES string of the molecule is COC1CC(NC2CC(C)(C)C2)C1. The molecule has 0 aromatic heterocycles. The zero-order chi connectivity index (χ0) is 9.47. The van der Waals surface area contributed by atoms with E-state index >= 15 is 0 Å². The average Bonchev–Trinajstić information content (AvgIpc) is 1.91. The summed E-state index contributed by atoms with van der Waals surface area (Å²) in [5.41, 5.74) is 0.599. The van der Waals surface area contributed by atoms with Crippen molar-refractivity contribution < 1.29 is 4.74 Å². The molecule has 2 rings (SSSR count). The molecule has 0 aliphatic heterocycles. The van der Waals surface area contributed by atoms with Gasteiger partial charge in [0.15, 0.2) is 0 Å². The van der Waals surface area contributed by atoms with Crippen molar-refractivity contribution in [3.63, 3.8) is 0 Å². The number of nitrogens with one attached hydrogen (secondary N) is 1. The van der Waals surface area contributed by atoms with Gasteiger partial charge in [0, 0.05) is 19.2 Å². The van der Waals surface area contributed by atoms with Crippen LogP contribution in [0.5, 0.6) is 0 Å². The van der Waals surface area contributed by atoms with Gasteiger partial charge < -0.3 is 10.1 Å². The molecule has 0 heterocycles. The normalized spacial score (nSPS) is 38.1. The molecule has 2 saturated carbocycles. The van der Waals surface area contributed by atoms with E-state index < -0.39 is 0 Å². The maximum absolute atomic E-state index is 5.25. The van der Waals surface area contributed by atoms with Crippen molar-refractivity contribution in [3.8, 4) is 0 Å². The molecule has 2 nitrogen and oxygen atoms in total. The van der Waals surface area contributed by atoms with Gasteiger partial charge in [-0.05, 0) is 31.1 Å². The third-order valence-electron chi connectivity index (χ3n) is 3.50. The Balaban J connectivity index is 1.61. The lowest BCUT2D eigenvalue weighted by Crippen LogP contribution is -2.55. The molecule has 0 saturated heterocycles. The predicted molar refractivity (Wildman–Crippen MR) is 53.8 cm³/mol. The highest BCUT2D eigenvalue weighted by molar-refractivity contribution is 4.96. The Hall–Kier alpha value is -0.0800. The molecule has 0 spiro atoms. The van der Waals surface area contributed by atoms with Gasteiger partial charge in [0.2, 0.25) is 0 Å². The van der Waals surface area contributed by atoms with Crippen molar-refractivity contribution in [3.05, 3.63) is 0 Å². The quantitative estimate of drug-likeness (QED) is 0.722. The lowest BCUT2D eigenvalue weighted by atomic mass is 9.68. The molecule has 0 amide bonds. The molecule has 1 N–H and O–H groups in total. The average molecular weight is 183 g/mol. The van der Waals surface area contributed by atoms with E-state index in [-0.39, 0.29) is 0 Å². The van der Waals surface area contributed by atoms with E-state index in [1.54, 1.807) is 0 Å². The molecule has 0 bridgehead atoms. The van der Waals surface area contributed by atoms with Crippen molar-refractivity contribution in [2.45, 2.75) is 57.7 Å². The van der Waals surface area contributed by atoms with Crippen LogP contribution in [0.4, 0.5) is 0 Å². The molecule has 0 unspecified atom stereocenters. The van der Waals surface area contributed by atoms with Crippen molar-refractivity contribution in [2.75, 3.05) is 7.11 Å². The zero-order valence-corrected chi connectivity index (χ0v) is 8.97. The van der Waals surface area contributed by atoms with Gasteiger partial charge >= 0.3 is 0 Å². The second kappa shape index (κ2) is 3.25. The Morgan fingerprint density at radius 1 is 1.15 bits per heavy atom. The molecule has 2 aliphatic carbocycles. The minimum atomic E-state index is 0.533. The molecule has 76 valence electrons. The maximum Gasteiger partial charge on any atom is 0.0601 e. The second-order valence-corrected chi connectivity index (χ2v) is 5.46. The Kier molecular flexibility index (Phi) is 2.37. The van der Waals surface area contributed by atoms with Crippen LogP contribution < -0.4 is 5.32 Å². The van der Waals surface area contributed by atoms with Crippen LogP contribution in [-0.2, 0) is 4.74 Å². The third-order valence-corrected chi connectivity index (χ3v) is 3.50. The van der Waals surface area contributed by atoms with Crippen LogP contribution in [0.15, 0.2) is 0 Å². The highest BCUT2D eigenvalue weighted by Gasteiger charge is 2.39. The Morgan fingerprint density at radius 3 is 2.23 bits per heavy atom. The summed E-state index contributed by atoms with van der Waals surface area (Å²) in [6.07, 6.45) is 5.66. The first-order chi connectivity index (χ1) is 6.09. The molecule has 2 fully saturated rings. The molecule has 0 aromatic carbocycles. The second-order valence-electron chi connectivity index (χ2n) is 5.46. The van der Waals surface area contributed by atoms with E-state index in [1.165, 1.54) is 25.7 Å². The van der Waals surface area contributed by atoms with Gasteiger partial charge in [0.25, 0.3) is 0 Å². The fourth-order valence-electron chi connectivity index (χ4n) is 2.62.